The third-order valence-electron chi connectivity index (χ3n) is 5.30. The number of amides is 1. The van der Waals surface area contributed by atoms with Crippen LogP contribution in [0.25, 0.3) is 11.4 Å². The number of hydrogen-bond donors (Lipinski definition) is 1. The molecule has 0 bridgehead atoms. The number of sulfonamides is 1. The van der Waals surface area contributed by atoms with Gasteiger partial charge in [-0.25, -0.2) is 13.1 Å². The van der Waals surface area contributed by atoms with E-state index in [0.717, 1.165) is 5.56 Å². The van der Waals surface area contributed by atoms with Gasteiger partial charge in [-0.1, -0.05) is 25.1 Å². The number of hydrogen-bond acceptors (Lipinski definition) is 7. The van der Waals surface area contributed by atoms with E-state index in [1.165, 1.54) is 15.1 Å². The molecule has 1 fully saturated rings. The molecule has 32 heavy (non-hydrogen) atoms. The number of aromatic nitrogens is 4. The predicted molar refractivity (Wildman–Crippen MR) is 118 cm³/mol. The topological polar surface area (TPSA) is 119 Å². The van der Waals surface area contributed by atoms with Gasteiger partial charge in [0.15, 0.2) is 5.82 Å². The minimum Gasteiger partial charge on any atom is -0.379 e. The fraction of sp³-hybridized carbons (Fsp3) is 0.333. The monoisotopic (exact) mass is 456 g/mol. The van der Waals surface area contributed by atoms with Crippen molar-refractivity contribution in [1.29, 1.82) is 0 Å². The molecule has 1 saturated heterocycles. The van der Waals surface area contributed by atoms with Crippen LogP contribution in [-0.2, 0) is 28.2 Å². The third kappa shape index (κ3) is 4.40. The first-order valence-corrected chi connectivity index (χ1v) is 11.7. The van der Waals surface area contributed by atoms with Crippen molar-refractivity contribution in [3.63, 3.8) is 0 Å². The minimum absolute atomic E-state index is 0.161. The van der Waals surface area contributed by atoms with Crippen molar-refractivity contribution in [3.8, 4) is 11.4 Å². The van der Waals surface area contributed by atoms with Gasteiger partial charge in [-0.3, -0.25) is 4.79 Å². The molecule has 3 aromatic rings. The first kappa shape index (κ1) is 22.1. The molecule has 4 rings (SSSR count). The highest BCUT2D eigenvalue weighted by atomic mass is 32.2. The summed E-state index contributed by atoms with van der Waals surface area (Å²) in [5.41, 5.74) is 2.23. The molecule has 1 N–H and O–H groups in total. The third-order valence-corrected chi connectivity index (χ3v) is 7.28. The maximum Gasteiger partial charge on any atom is 0.255 e. The Morgan fingerprint density at radius 2 is 1.94 bits per heavy atom. The lowest BCUT2D eigenvalue weighted by Crippen LogP contribution is -2.41. The van der Waals surface area contributed by atoms with Crippen LogP contribution in [0.3, 0.4) is 0 Å². The fourth-order valence-electron chi connectivity index (χ4n) is 3.57. The van der Waals surface area contributed by atoms with Crippen LogP contribution in [0.4, 0.5) is 5.69 Å². The normalized spacial score (nSPS) is 14.9. The van der Waals surface area contributed by atoms with Gasteiger partial charge in [0.1, 0.15) is 0 Å². The average Bonchev–Trinajstić information content (AvgIpc) is 3.25. The van der Waals surface area contributed by atoms with Gasteiger partial charge in [-0.15, -0.1) is 5.10 Å². The lowest BCUT2D eigenvalue weighted by atomic mass is 10.1. The minimum atomic E-state index is -3.73. The maximum absolute atomic E-state index is 13.2. The molecule has 1 aliphatic rings. The van der Waals surface area contributed by atoms with Crippen LogP contribution in [0.2, 0.25) is 0 Å². The van der Waals surface area contributed by atoms with Crippen LogP contribution in [0.15, 0.2) is 47.4 Å². The number of aryl methyl sites for hydroxylation is 2. The largest absolute Gasteiger partial charge is 0.379 e. The molecule has 0 aliphatic carbocycles. The van der Waals surface area contributed by atoms with Crippen molar-refractivity contribution >= 4 is 21.6 Å². The SMILES string of the molecule is CCc1ccc(C(=O)Nc2cccc(-c3nnnn3C)c2)cc1S(=O)(=O)N1CCOCC1. The summed E-state index contributed by atoms with van der Waals surface area (Å²) >= 11 is 0. The molecule has 0 saturated carbocycles. The number of ether oxygens (including phenoxy) is 1. The number of benzene rings is 2. The Balaban J connectivity index is 1.61. The van der Waals surface area contributed by atoms with Crippen LogP contribution in [0, 0.1) is 0 Å². The number of nitrogens with zero attached hydrogens (tertiary/aromatic N) is 5. The molecule has 168 valence electrons. The van der Waals surface area contributed by atoms with E-state index in [9.17, 15) is 13.2 Å². The first-order valence-electron chi connectivity index (χ1n) is 10.2. The Labute approximate surface area is 186 Å². The molecule has 10 nitrogen and oxygen atoms in total. The lowest BCUT2D eigenvalue weighted by Gasteiger charge is -2.27. The summed E-state index contributed by atoms with van der Waals surface area (Å²) in [7, 11) is -2.00. The molecule has 0 atom stereocenters. The highest BCUT2D eigenvalue weighted by Gasteiger charge is 2.29. The second-order valence-electron chi connectivity index (χ2n) is 7.35. The number of carbonyl (C=O) groups is 1. The van der Waals surface area contributed by atoms with Gasteiger partial charge in [-0.05, 0) is 46.7 Å². The zero-order valence-electron chi connectivity index (χ0n) is 17.9. The Hall–Kier alpha value is -3.15. The summed E-state index contributed by atoms with van der Waals surface area (Å²) in [5, 5.41) is 14.3. The Morgan fingerprint density at radius 3 is 2.62 bits per heavy atom. The average molecular weight is 457 g/mol. The number of tetrazole rings is 1. The van der Waals surface area contributed by atoms with E-state index in [-0.39, 0.29) is 10.5 Å². The number of morpholine rings is 1. The zero-order valence-corrected chi connectivity index (χ0v) is 18.7. The van der Waals surface area contributed by atoms with Crippen LogP contribution < -0.4 is 5.32 Å². The first-order chi connectivity index (χ1) is 15.4. The van der Waals surface area contributed by atoms with Crippen LogP contribution >= 0.6 is 0 Å². The molecule has 11 heteroatoms. The number of anilines is 1. The fourth-order valence-corrected chi connectivity index (χ4v) is 5.29. The summed E-state index contributed by atoms with van der Waals surface area (Å²) in [6, 6.07) is 11.9. The molecular weight excluding hydrogens is 432 g/mol. The van der Waals surface area contributed by atoms with Crippen molar-refractivity contribution in [2.75, 3.05) is 31.6 Å². The van der Waals surface area contributed by atoms with Crippen molar-refractivity contribution in [1.82, 2.24) is 24.5 Å². The predicted octanol–water partition coefficient (Wildman–Crippen LogP) is 1.71. The summed E-state index contributed by atoms with van der Waals surface area (Å²) in [5.74, 6) is 0.159. The van der Waals surface area contributed by atoms with Crippen molar-refractivity contribution < 1.29 is 17.9 Å². The molecule has 2 aromatic carbocycles. The Kier molecular flexibility index (Phi) is 6.31. The van der Waals surface area contributed by atoms with E-state index < -0.39 is 15.9 Å². The standard InChI is InChI=1S/C21H24N6O4S/c1-3-15-7-8-17(14-19(15)32(29,30)27-9-11-31-12-10-27)21(28)22-18-6-4-5-16(13-18)20-23-24-25-26(20)2/h4-8,13-14H,3,9-12H2,1-2H3,(H,22,28). The van der Waals surface area contributed by atoms with E-state index in [2.05, 4.69) is 20.8 Å². The Bertz CT molecular complexity index is 1230. The van der Waals surface area contributed by atoms with Gasteiger partial charge in [0.2, 0.25) is 10.0 Å². The van der Waals surface area contributed by atoms with E-state index in [4.69, 9.17) is 4.74 Å². The number of rotatable bonds is 6. The van der Waals surface area contributed by atoms with Crippen molar-refractivity contribution in [3.05, 3.63) is 53.6 Å². The smallest absolute Gasteiger partial charge is 0.255 e. The highest BCUT2D eigenvalue weighted by molar-refractivity contribution is 7.89. The molecule has 2 heterocycles. The summed E-state index contributed by atoms with van der Waals surface area (Å²) in [6.07, 6.45) is 0.536. The summed E-state index contributed by atoms with van der Waals surface area (Å²) in [4.78, 5) is 13.1. The van der Waals surface area contributed by atoms with Crippen molar-refractivity contribution in [2.45, 2.75) is 18.2 Å². The van der Waals surface area contributed by atoms with Gasteiger partial charge in [0.05, 0.1) is 18.1 Å². The molecule has 1 aromatic heterocycles. The number of nitrogens with one attached hydrogen (secondary N) is 1. The van der Waals surface area contributed by atoms with E-state index in [0.29, 0.717) is 49.8 Å². The van der Waals surface area contributed by atoms with Crippen LogP contribution in [-0.4, -0.2) is 65.1 Å². The van der Waals surface area contributed by atoms with E-state index in [1.807, 2.05) is 13.0 Å². The van der Waals surface area contributed by atoms with Crippen LogP contribution in [0.5, 0.6) is 0 Å². The second kappa shape index (κ2) is 9.15. The quantitative estimate of drug-likeness (QED) is 0.600. The van der Waals surface area contributed by atoms with E-state index >= 15 is 0 Å². The lowest BCUT2D eigenvalue weighted by molar-refractivity contribution is 0.0730. The maximum atomic E-state index is 13.2. The number of carbonyl (C=O) groups excluding carboxylic acids is 1. The molecule has 1 aliphatic heterocycles. The molecule has 0 unspecified atom stereocenters. The van der Waals surface area contributed by atoms with Gasteiger partial charge in [-0.2, -0.15) is 4.31 Å². The molecular formula is C21H24N6O4S. The van der Waals surface area contributed by atoms with Crippen LogP contribution in [0.1, 0.15) is 22.8 Å². The van der Waals surface area contributed by atoms with Gasteiger partial charge >= 0.3 is 0 Å². The summed E-state index contributed by atoms with van der Waals surface area (Å²) in [6.45, 7) is 3.20. The second-order valence-corrected chi connectivity index (χ2v) is 9.26. The van der Waals surface area contributed by atoms with Crippen molar-refractivity contribution in [2.24, 2.45) is 7.05 Å². The van der Waals surface area contributed by atoms with E-state index in [1.54, 1.807) is 37.4 Å². The van der Waals surface area contributed by atoms with Gasteiger partial charge in [0.25, 0.3) is 5.91 Å². The molecule has 0 spiro atoms. The molecule has 0 radical (unpaired) electrons. The van der Waals surface area contributed by atoms with Gasteiger partial charge in [0, 0.05) is 37.0 Å². The summed E-state index contributed by atoms with van der Waals surface area (Å²) < 4.78 is 34.7. The zero-order chi connectivity index (χ0) is 22.7. The Morgan fingerprint density at radius 1 is 1.16 bits per heavy atom. The molecule has 1 amide bonds. The highest BCUT2D eigenvalue weighted by Crippen LogP contribution is 2.25. The van der Waals surface area contributed by atoms with Gasteiger partial charge < -0.3 is 10.1 Å².